The number of benzene rings is 2. The molecule has 31 heavy (non-hydrogen) atoms. The summed E-state index contributed by atoms with van der Waals surface area (Å²) in [5.74, 6) is 2.85. The number of hydrogen-bond donors (Lipinski definition) is 1. The predicted octanol–water partition coefficient (Wildman–Crippen LogP) is 4.53. The third-order valence-corrected chi connectivity index (χ3v) is 5.98. The van der Waals surface area contributed by atoms with Crippen LogP contribution in [0, 0.1) is 13.8 Å². The van der Waals surface area contributed by atoms with Crippen LogP contribution in [0.4, 0.5) is 5.69 Å². The van der Waals surface area contributed by atoms with Crippen molar-refractivity contribution in [3.63, 3.8) is 0 Å². The first-order chi connectivity index (χ1) is 14.8. The normalized spacial score (nSPS) is 11.3. The molecule has 0 aliphatic carbocycles. The van der Waals surface area contributed by atoms with E-state index < -0.39 is 10.0 Å². The van der Waals surface area contributed by atoms with Crippen LogP contribution in [-0.4, -0.2) is 27.9 Å². The second-order valence-corrected chi connectivity index (χ2v) is 8.76. The van der Waals surface area contributed by atoms with E-state index in [2.05, 4.69) is 19.7 Å². The van der Waals surface area contributed by atoms with Crippen LogP contribution in [0.2, 0.25) is 5.02 Å². The van der Waals surface area contributed by atoms with Crippen molar-refractivity contribution >= 4 is 27.3 Å². The topological polar surface area (TPSA) is 99.0 Å². The predicted molar refractivity (Wildman–Crippen MR) is 117 cm³/mol. The lowest BCUT2D eigenvalue weighted by molar-refractivity contribution is 0.459. The Hall–Kier alpha value is -3.43. The molecule has 1 N–H and O–H groups in total. The maximum absolute atomic E-state index is 12.5. The first-order valence-electron chi connectivity index (χ1n) is 9.22. The molecule has 0 bridgehead atoms. The third-order valence-electron chi connectivity index (χ3n) is 4.33. The van der Waals surface area contributed by atoms with Gasteiger partial charge in [0.05, 0.1) is 4.90 Å². The quantitative estimate of drug-likeness (QED) is 0.458. The number of aryl methyl sites for hydroxylation is 2. The fourth-order valence-corrected chi connectivity index (χ4v) is 4.05. The number of nitrogens with zero attached hydrogens (tertiary/aromatic N) is 4. The zero-order chi connectivity index (χ0) is 22.0. The van der Waals surface area contributed by atoms with E-state index in [0.717, 1.165) is 5.82 Å². The highest BCUT2D eigenvalue weighted by Crippen LogP contribution is 2.25. The Labute approximate surface area is 184 Å². The zero-order valence-electron chi connectivity index (χ0n) is 16.7. The first kappa shape index (κ1) is 20.8. The molecule has 8 nitrogen and oxygen atoms in total. The summed E-state index contributed by atoms with van der Waals surface area (Å²) in [6.07, 6.45) is 3.50. The van der Waals surface area contributed by atoms with E-state index in [1.807, 2.05) is 17.7 Å². The van der Waals surface area contributed by atoms with Crippen molar-refractivity contribution in [3.05, 3.63) is 83.7 Å². The summed E-state index contributed by atoms with van der Waals surface area (Å²) in [5, 5.41) is 0.465. The molecule has 0 atom stereocenters. The van der Waals surface area contributed by atoms with Gasteiger partial charge in [0, 0.05) is 29.2 Å². The lowest BCUT2D eigenvalue weighted by Crippen LogP contribution is -2.12. The van der Waals surface area contributed by atoms with E-state index in [9.17, 15) is 8.42 Å². The highest BCUT2D eigenvalue weighted by Gasteiger charge is 2.14. The van der Waals surface area contributed by atoms with Crippen molar-refractivity contribution in [2.24, 2.45) is 0 Å². The van der Waals surface area contributed by atoms with Crippen molar-refractivity contribution in [1.82, 2.24) is 19.5 Å². The summed E-state index contributed by atoms with van der Waals surface area (Å²) in [6.45, 7) is 3.65. The maximum atomic E-state index is 12.5. The van der Waals surface area contributed by atoms with Gasteiger partial charge in [0.2, 0.25) is 5.88 Å². The van der Waals surface area contributed by atoms with Gasteiger partial charge in [-0.1, -0.05) is 11.6 Å². The standard InChI is InChI=1S/C21H18ClN5O3S/c1-14-24-20(27-12-11-23-15(27)2)13-21(25-14)30-18-7-5-17(6-8-18)26-31(28,29)19-9-3-16(22)4-10-19/h3-13,26H,1-2H3. The Kier molecular flexibility index (Phi) is 5.62. The molecule has 0 spiro atoms. The second kappa shape index (κ2) is 8.37. The van der Waals surface area contributed by atoms with Crippen LogP contribution in [0.1, 0.15) is 11.6 Å². The number of ether oxygens (including phenoxy) is 1. The molecular weight excluding hydrogens is 438 g/mol. The molecule has 0 aliphatic heterocycles. The summed E-state index contributed by atoms with van der Waals surface area (Å²) in [6, 6.07) is 14.2. The van der Waals surface area contributed by atoms with Crippen molar-refractivity contribution in [2.45, 2.75) is 18.7 Å². The average Bonchev–Trinajstić information content (AvgIpc) is 3.15. The van der Waals surface area contributed by atoms with Crippen molar-refractivity contribution < 1.29 is 13.2 Å². The summed E-state index contributed by atoms with van der Waals surface area (Å²) >= 11 is 5.82. The average molecular weight is 456 g/mol. The molecule has 0 fully saturated rings. The van der Waals surface area contributed by atoms with Crippen molar-refractivity contribution in [3.8, 4) is 17.4 Å². The molecule has 0 aliphatic rings. The minimum atomic E-state index is -3.72. The molecule has 0 radical (unpaired) electrons. The lowest BCUT2D eigenvalue weighted by Gasteiger charge is -2.11. The number of hydrogen-bond acceptors (Lipinski definition) is 6. The van der Waals surface area contributed by atoms with Gasteiger partial charge in [-0.25, -0.2) is 18.4 Å². The molecule has 0 saturated heterocycles. The number of imidazole rings is 1. The van der Waals surface area contributed by atoms with Crippen LogP contribution < -0.4 is 9.46 Å². The highest BCUT2D eigenvalue weighted by atomic mass is 35.5. The monoisotopic (exact) mass is 455 g/mol. The van der Waals surface area contributed by atoms with Crippen molar-refractivity contribution in [1.29, 1.82) is 0 Å². The summed E-state index contributed by atoms with van der Waals surface area (Å²) in [4.78, 5) is 13.0. The lowest BCUT2D eigenvalue weighted by atomic mass is 10.3. The molecule has 0 saturated carbocycles. The maximum Gasteiger partial charge on any atom is 0.261 e. The Morgan fingerprint density at radius 3 is 2.35 bits per heavy atom. The number of nitrogens with one attached hydrogen (secondary N) is 1. The molecule has 2 aromatic carbocycles. The van der Waals surface area contributed by atoms with Gasteiger partial charge in [0.25, 0.3) is 10.0 Å². The molecule has 10 heteroatoms. The van der Waals surface area contributed by atoms with Gasteiger partial charge in [-0.05, 0) is 62.4 Å². The molecule has 158 valence electrons. The van der Waals surface area contributed by atoms with E-state index in [1.165, 1.54) is 24.3 Å². The summed E-state index contributed by atoms with van der Waals surface area (Å²) in [7, 11) is -3.72. The Balaban J connectivity index is 1.51. The third kappa shape index (κ3) is 4.84. The van der Waals surface area contributed by atoms with Crippen LogP contribution >= 0.6 is 11.6 Å². The van der Waals surface area contributed by atoms with Crippen LogP contribution in [0.3, 0.4) is 0 Å². The van der Waals surface area contributed by atoms with Gasteiger partial charge in [-0.2, -0.15) is 4.98 Å². The Bertz CT molecular complexity index is 1320. The van der Waals surface area contributed by atoms with E-state index in [0.29, 0.717) is 34.0 Å². The van der Waals surface area contributed by atoms with E-state index in [1.54, 1.807) is 43.5 Å². The highest BCUT2D eigenvalue weighted by molar-refractivity contribution is 7.92. The van der Waals surface area contributed by atoms with Crippen LogP contribution in [0.5, 0.6) is 11.6 Å². The smallest absolute Gasteiger partial charge is 0.261 e. The summed E-state index contributed by atoms with van der Waals surface area (Å²) < 4.78 is 35.2. The number of rotatable bonds is 6. The minimum Gasteiger partial charge on any atom is -0.439 e. The number of aromatic nitrogens is 4. The van der Waals surface area contributed by atoms with Crippen LogP contribution in [0.25, 0.3) is 5.82 Å². The fourth-order valence-electron chi connectivity index (χ4n) is 2.86. The number of halogens is 1. The van der Waals surface area contributed by atoms with Gasteiger partial charge in [-0.15, -0.1) is 0 Å². The Morgan fingerprint density at radius 1 is 1.00 bits per heavy atom. The van der Waals surface area contributed by atoms with Gasteiger partial charge >= 0.3 is 0 Å². The fraction of sp³-hybridized carbons (Fsp3) is 0.0952. The number of anilines is 1. The van der Waals surface area contributed by atoms with Gasteiger partial charge < -0.3 is 4.74 Å². The molecule has 4 aromatic rings. The van der Waals surface area contributed by atoms with Crippen LogP contribution in [-0.2, 0) is 10.0 Å². The molecule has 4 rings (SSSR count). The first-order valence-corrected chi connectivity index (χ1v) is 11.1. The second-order valence-electron chi connectivity index (χ2n) is 6.64. The van der Waals surface area contributed by atoms with E-state index in [4.69, 9.17) is 16.3 Å². The van der Waals surface area contributed by atoms with Gasteiger partial charge in [-0.3, -0.25) is 9.29 Å². The molecule has 0 amide bonds. The van der Waals surface area contributed by atoms with Crippen molar-refractivity contribution in [2.75, 3.05) is 4.72 Å². The minimum absolute atomic E-state index is 0.121. The molecule has 0 unspecified atom stereocenters. The molecule has 2 heterocycles. The summed E-state index contributed by atoms with van der Waals surface area (Å²) in [5.41, 5.74) is 0.399. The zero-order valence-corrected chi connectivity index (χ0v) is 18.2. The van der Waals surface area contributed by atoms with E-state index >= 15 is 0 Å². The largest absolute Gasteiger partial charge is 0.439 e. The van der Waals surface area contributed by atoms with Gasteiger partial charge in [0.15, 0.2) is 0 Å². The Morgan fingerprint density at radius 2 is 1.71 bits per heavy atom. The SMILES string of the molecule is Cc1nc(Oc2ccc(NS(=O)(=O)c3ccc(Cl)cc3)cc2)cc(-n2ccnc2C)n1. The molecular formula is C21H18ClN5O3S. The molecule has 2 aromatic heterocycles. The van der Waals surface area contributed by atoms with Crippen LogP contribution in [0.15, 0.2) is 71.9 Å². The van der Waals surface area contributed by atoms with E-state index in [-0.39, 0.29) is 4.90 Å². The van der Waals surface area contributed by atoms with Gasteiger partial charge in [0.1, 0.15) is 23.2 Å². The number of sulfonamides is 1.